The number of hydrogen-bond acceptors (Lipinski definition) is 5. The average molecular weight is 404 g/mol. The van der Waals surface area contributed by atoms with E-state index in [0.717, 1.165) is 37.9 Å². The summed E-state index contributed by atoms with van der Waals surface area (Å²) < 4.78 is 11.1. The van der Waals surface area contributed by atoms with E-state index in [1.165, 1.54) is 18.4 Å². The van der Waals surface area contributed by atoms with Gasteiger partial charge in [-0.2, -0.15) is 0 Å². The van der Waals surface area contributed by atoms with Gasteiger partial charge in [0.15, 0.2) is 11.5 Å². The van der Waals surface area contributed by atoms with Gasteiger partial charge < -0.3 is 20.1 Å². The van der Waals surface area contributed by atoms with E-state index in [9.17, 15) is 9.59 Å². The van der Waals surface area contributed by atoms with E-state index >= 15 is 0 Å². The maximum absolute atomic E-state index is 12.2. The zero-order valence-corrected chi connectivity index (χ0v) is 17.8. The van der Waals surface area contributed by atoms with Crippen LogP contribution in [0.15, 0.2) is 12.1 Å². The van der Waals surface area contributed by atoms with Gasteiger partial charge in [-0.1, -0.05) is 13.0 Å². The largest absolute Gasteiger partial charge is 0.412 e. The fraction of sp³-hybridized carbons (Fsp3) is 0.636. The maximum atomic E-state index is 12.2. The minimum Gasteiger partial charge on any atom is -0.406 e. The first kappa shape index (κ1) is 21.4. The highest BCUT2D eigenvalue weighted by Crippen LogP contribution is 2.43. The molecule has 0 aromatic heterocycles. The molecule has 7 heteroatoms. The first-order valence-electron chi connectivity index (χ1n) is 10.9. The predicted octanol–water partition coefficient (Wildman–Crippen LogP) is 3.49. The molecule has 7 nitrogen and oxygen atoms in total. The van der Waals surface area contributed by atoms with Crippen molar-refractivity contribution in [2.75, 3.05) is 26.2 Å². The molecular formula is C22H33N3O4. The Hall–Kier alpha value is -2.28. The summed E-state index contributed by atoms with van der Waals surface area (Å²) in [4.78, 5) is 26.8. The molecule has 1 aliphatic heterocycles. The molecule has 0 saturated carbocycles. The van der Waals surface area contributed by atoms with Crippen LogP contribution in [0.25, 0.3) is 0 Å². The van der Waals surface area contributed by atoms with Crippen molar-refractivity contribution in [3.8, 4) is 11.5 Å². The van der Waals surface area contributed by atoms with Gasteiger partial charge in [0.05, 0.1) is 0 Å². The summed E-state index contributed by atoms with van der Waals surface area (Å²) in [6.45, 7) is 9.10. The van der Waals surface area contributed by atoms with Crippen LogP contribution in [0, 0.1) is 5.92 Å². The first-order valence-corrected chi connectivity index (χ1v) is 10.9. The van der Waals surface area contributed by atoms with Crippen molar-refractivity contribution >= 4 is 12.2 Å². The molecule has 3 rings (SSSR count). The third kappa shape index (κ3) is 5.01. The number of benzene rings is 1. The maximum Gasteiger partial charge on any atom is 0.412 e. The monoisotopic (exact) mass is 403 g/mol. The van der Waals surface area contributed by atoms with E-state index in [0.29, 0.717) is 36.5 Å². The number of hydrogen-bond donors (Lipinski definition) is 2. The third-order valence-electron chi connectivity index (χ3n) is 5.80. The molecule has 1 heterocycles. The lowest BCUT2D eigenvalue weighted by molar-refractivity contribution is 0.0848. The number of fused-ring (bicyclic) bond motifs is 2. The van der Waals surface area contributed by atoms with Crippen molar-refractivity contribution in [3.63, 3.8) is 0 Å². The first-order chi connectivity index (χ1) is 14.1. The van der Waals surface area contributed by atoms with Crippen molar-refractivity contribution in [2.24, 2.45) is 5.92 Å². The summed E-state index contributed by atoms with van der Waals surface area (Å²) >= 11 is 0. The van der Waals surface area contributed by atoms with Crippen molar-refractivity contribution < 1.29 is 19.1 Å². The molecule has 0 radical (unpaired) electrons. The Kier molecular flexibility index (Phi) is 7.36. The molecule has 1 fully saturated rings. The van der Waals surface area contributed by atoms with Gasteiger partial charge in [-0.3, -0.25) is 4.90 Å². The molecule has 0 spiro atoms. The lowest BCUT2D eigenvalue weighted by atomic mass is 9.75. The van der Waals surface area contributed by atoms with Crippen LogP contribution in [0.3, 0.4) is 0 Å². The molecule has 0 unspecified atom stereocenters. The van der Waals surface area contributed by atoms with Crippen LogP contribution >= 0.6 is 0 Å². The third-order valence-corrected chi connectivity index (χ3v) is 5.80. The van der Waals surface area contributed by atoms with Crippen LogP contribution in [0.2, 0.25) is 0 Å². The van der Waals surface area contributed by atoms with Gasteiger partial charge in [0.1, 0.15) is 0 Å². The second kappa shape index (κ2) is 9.96. The van der Waals surface area contributed by atoms with Gasteiger partial charge in [0, 0.05) is 24.7 Å². The fourth-order valence-electron chi connectivity index (χ4n) is 4.61. The Bertz CT molecular complexity index is 735. The average Bonchev–Trinajstić information content (AvgIpc) is 2.69. The molecule has 1 aromatic rings. The SMILES string of the molecule is CCCN1CCC[C@@H]2Cc3c(ccc(OC(=O)NCC)c3OC(=O)NCC)C[C@H]21. The van der Waals surface area contributed by atoms with Gasteiger partial charge in [-0.05, 0) is 76.6 Å². The van der Waals surface area contributed by atoms with Gasteiger partial charge in [-0.25, -0.2) is 9.59 Å². The minimum absolute atomic E-state index is 0.292. The quantitative estimate of drug-likeness (QED) is 0.760. The number of carbonyl (C=O) groups is 2. The van der Waals surface area contributed by atoms with Crippen molar-refractivity contribution in [1.82, 2.24) is 15.5 Å². The van der Waals surface area contributed by atoms with Crippen LogP contribution in [0.1, 0.15) is 51.2 Å². The summed E-state index contributed by atoms with van der Waals surface area (Å²) in [7, 11) is 0. The van der Waals surface area contributed by atoms with Crippen LogP contribution in [0.5, 0.6) is 11.5 Å². The lowest BCUT2D eigenvalue weighted by Gasteiger charge is -2.45. The Balaban J connectivity index is 1.92. The van der Waals surface area contributed by atoms with E-state index in [1.54, 1.807) is 6.07 Å². The molecule has 2 amide bonds. The van der Waals surface area contributed by atoms with Gasteiger partial charge >= 0.3 is 12.2 Å². The number of likely N-dealkylation sites (tertiary alicyclic amines) is 1. The molecule has 1 saturated heterocycles. The number of rotatable bonds is 6. The van der Waals surface area contributed by atoms with Crippen LogP contribution in [-0.4, -0.2) is 49.3 Å². The second-order valence-corrected chi connectivity index (χ2v) is 7.78. The highest BCUT2D eigenvalue weighted by Gasteiger charge is 2.37. The van der Waals surface area contributed by atoms with Crippen LogP contribution < -0.4 is 20.1 Å². The van der Waals surface area contributed by atoms with E-state index in [-0.39, 0.29) is 0 Å². The lowest BCUT2D eigenvalue weighted by Crippen LogP contribution is -2.49. The molecule has 2 N–H and O–H groups in total. The number of ether oxygens (including phenoxy) is 2. The van der Waals surface area contributed by atoms with Crippen LogP contribution in [-0.2, 0) is 12.8 Å². The fourth-order valence-corrected chi connectivity index (χ4v) is 4.61. The Morgan fingerprint density at radius 2 is 1.79 bits per heavy atom. The molecule has 29 heavy (non-hydrogen) atoms. The summed E-state index contributed by atoms with van der Waals surface area (Å²) in [6.07, 6.45) is 4.22. The highest BCUT2D eigenvalue weighted by molar-refractivity contribution is 5.75. The summed E-state index contributed by atoms with van der Waals surface area (Å²) in [5.41, 5.74) is 2.18. The second-order valence-electron chi connectivity index (χ2n) is 7.78. The normalized spacial score (nSPS) is 20.9. The van der Waals surface area contributed by atoms with Crippen molar-refractivity contribution in [3.05, 3.63) is 23.3 Å². The molecule has 1 aliphatic carbocycles. The predicted molar refractivity (Wildman–Crippen MR) is 112 cm³/mol. The van der Waals surface area contributed by atoms with Gasteiger partial charge in [-0.15, -0.1) is 0 Å². The summed E-state index contributed by atoms with van der Waals surface area (Å²) in [5.74, 6) is 1.20. The van der Waals surface area contributed by atoms with E-state index < -0.39 is 12.2 Å². The van der Waals surface area contributed by atoms with E-state index in [2.05, 4.69) is 22.5 Å². The molecule has 2 aliphatic rings. The number of amides is 2. The minimum atomic E-state index is -0.548. The molecule has 1 aromatic carbocycles. The number of piperidine rings is 1. The van der Waals surface area contributed by atoms with Crippen molar-refractivity contribution in [1.29, 1.82) is 0 Å². The highest BCUT2D eigenvalue weighted by atomic mass is 16.6. The Morgan fingerprint density at radius 3 is 2.48 bits per heavy atom. The molecular weight excluding hydrogens is 370 g/mol. The molecule has 0 bridgehead atoms. The molecule has 2 atom stereocenters. The Morgan fingerprint density at radius 1 is 1.07 bits per heavy atom. The van der Waals surface area contributed by atoms with Gasteiger partial charge in [0.25, 0.3) is 0 Å². The zero-order valence-electron chi connectivity index (χ0n) is 17.8. The number of nitrogens with one attached hydrogen (secondary N) is 2. The van der Waals surface area contributed by atoms with Gasteiger partial charge in [0.2, 0.25) is 0 Å². The Labute approximate surface area is 173 Å². The number of carbonyl (C=O) groups excluding carboxylic acids is 2. The number of nitrogens with zero attached hydrogens (tertiary/aromatic N) is 1. The topological polar surface area (TPSA) is 79.9 Å². The summed E-state index contributed by atoms with van der Waals surface area (Å²) in [6, 6.07) is 4.29. The smallest absolute Gasteiger partial charge is 0.406 e. The zero-order chi connectivity index (χ0) is 20.8. The summed E-state index contributed by atoms with van der Waals surface area (Å²) in [5, 5.41) is 5.28. The van der Waals surface area contributed by atoms with Crippen molar-refractivity contribution in [2.45, 2.75) is 58.9 Å². The van der Waals surface area contributed by atoms with E-state index in [4.69, 9.17) is 9.47 Å². The van der Waals surface area contributed by atoms with Crippen LogP contribution in [0.4, 0.5) is 9.59 Å². The standard InChI is InChI=1S/C22H33N3O4/c1-4-11-25-12-7-8-16-13-17-15(14-18(16)25)9-10-19(28-21(26)23-5-2)20(17)29-22(27)24-6-3/h9-10,16,18H,4-8,11-14H2,1-3H3,(H,23,26)(H,24,27)/t16-,18-/m1/s1. The van der Waals surface area contributed by atoms with E-state index in [1.807, 2.05) is 19.9 Å². The molecule has 160 valence electrons.